The molecule has 0 amide bonds. The Bertz CT molecular complexity index is 937. The van der Waals surface area contributed by atoms with Crippen molar-refractivity contribution in [2.24, 2.45) is 5.10 Å². The summed E-state index contributed by atoms with van der Waals surface area (Å²) in [7, 11) is -3.43. The van der Waals surface area contributed by atoms with Crippen LogP contribution in [0, 0.1) is 5.82 Å². The standard InChI is InChI=1S/C16H13FN2O4S/c17-11-3-6-15-13(9-11)14(7-8-24(15,22)23)19-18-12-4-1-10(2-5-12)16(20)21/h1-6,9,18H,7-8H2,(H,20,21)/b19-14+. The van der Waals surface area contributed by atoms with Gasteiger partial charge in [0.25, 0.3) is 0 Å². The minimum absolute atomic E-state index is 0.0666. The molecule has 2 N–H and O–H groups in total. The van der Waals surface area contributed by atoms with Crippen molar-refractivity contribution >= 4 is 27.2 Å². The number of hydrogen-bond donors (Lipinski definition) is 2. The highest BCUT2D eigenvalue weighted by Crippen LogP contribution is 2.26. The lowest BCUT2D eigenvalue weighted by Gasteiger charge is -2.18. The number of rotatable bonds is 3. The largest absolute Gasteiger partial charge is 0.478 e. The molecule has 0 fully saturated rings. The molecule has 24 heavy (non-hydrogen) atoms. The first-order valence-electron chi connectivity index (χ1n) is 7.05. The lowest BCUT2D eigenvalue weighted by Crippen LogP contribution is -2.23. The van der Waals surface area contributed by atoms with Crippen molar-refractivity contribution in [2.45, 2.75) is 11.3 Å². The van der Waals surface area contributed by atoms with Gasteiger partial charge < -0.3 is 5.11 Å². The highest BCUT2D eigenvalue weighted by molar-refractivity contribution is 7.91. The van der Waals surface area contributed by atoms with E-state index in [1.54, 1.807) is 12.1 Å². The molecule has 1 aliphatic heterocycles. The first-order valence-corrected chi connectivity index (χ1v) is 8.71. The number of carbonyl (C=O) groups is 1. The highest BCUT2D eigenvalue weighted by atomic mass is 32.2. The molecule has 0 spiro atoms. The lowest BCUT2D eigenvalue weighted by molar-refractivity contribution is 0.0697. The van der Waals surface area contributed by atoms with Gasteiger partial charge in [0.05, 0.1) is 27.6 Å². The third-order valence-corrected chi connectivity index (χ3v) is 5.41. The SMILES string of the molecule is O=C(O)c1ccc(N/N=C2\CCS(=O)(=O)c3ccc(F)cc32)cc1. The summed E-state index contributed by atoms with van der Waals surface area (Å²) in [4.78, 5) is 10.9. The number of aromatic carboxylic acids is 1. The average Bonchev–Trinajstić information content (AvgIpc) is 2.54. The van der Waals surface area contributed by atoms with Gasteiger partial charge in [0.1, 0.15) is 5.82 Å². The quantitative estimate of drug-likeness (QED) is 0.656. The second-order valence-electron chi connectivity index (χ2n) is 5.26. The number of hydrogen-bond acceptors (Lipinski definition) is 5. The van der Waals surface area contributed by atoms with E-state index in [1.165, 1.54) is 18.2 Å². The predicted octanol–water partition coefficient (Wildman–Crippen LogP) is 2.52. The molecule has 1 aliphatic rings. The van der Waals surface area contributed by atoms with Crippen molar-refractivity contribution in [2.75, 3.05) is 11.2 Å². The van der Waals surface area contributed by atoms with Crippen LogP contribution in [0.25, 0.3) is 0 Å². The van der Waals surface area contributed by atoms with Gasteiger partial charge in [0.15, 0.2) is 9.84 Å². The fraction of sp³-hybridized carbons (Fsp3) is 0.125. The predicted molar refractivity (Wildman–Crippen MR) is 86.6 cm³/mol. The minimum Gasteiger partial charge on any atom is -0.478 e. The smallest absolute Gasteiger partial charge is 0.335 e. The van der Waals surface area contributed by atoms with Crippen molar-refractivity contribution in [1.82, 2.24) is 0 Å². The number of anilines is 1. The van der Waals surface area contributed by atoms with E-state index in [0.29, 0.717) is 11.4 Å². The molecule has 0 saturated carbocycles. The Morgan fingerprint density at radius 1 is 1.17 bits per heavy atom. The monoisotopic (exact) mass is 348 g/mol. The van der Waals surface area contributed by atoms with Gasteiger partial charge in [-0.2, -0.15) is 5.10 Å². The molecular weight excluding hydrogens is 335 g/mol. The molecule has 0 aromatic heterocycles. The second kappa shape index (κ2) is 6.04. The van der Waals surface area contributed by atoms with Gasteiger partial charge in [-0.1, -0.05) is 0 Å². The topological polar surface area (TPSA) is 95.8 Å². The maximum absolute atomic E-state index is 13.5. The van der Waals surface area contributed by atoms with E-state index in [0.717, 1.165) is 12.1 Å². The summed E-state index contributed by atoms with van der Waals surface area (Å²) < 4.78 is 37.6. The summed E-state index contributed by atoms with van der Waals surface area (Å²) in [5, 5.41) is 13.0. The van der Waals surface area contributed by atoms with Crippen molar-refractivity contribution in [1.29, 1.82) is 0 Å². The molecule has 2 aromatic rings. The van der Waals surface area contributed by atoms with Crippen LogP contribution >= 0.6 is 0 Å². The van der Waals surface area contributed by atoms with Gasteiger partial charge in [-0.05, 0) is 42.5 Å². The number of carboxylic acid groups (broad SMARTS) is 1. The van der Waals surface area contributed by atoms with Gasteiger partial charge in [0, 0.05) is 12.0 Å². The van der Waals surface area contributed by atoms with E-state index < -0.39 is 21.6 Å². The van der Waals surface area contributed by atoms with E-state index in [2.05, 4.69) is 10.5 Å². The molecule has 2 aromatic carbocycles. The van der Waals surface area contributed by atoms with Gasteiger partial charge in [-0.15, -0.1) is 0 Å². The summed E-state index contributed by atoms with van der Waals surface area (Å²) in [6.45, 7) is 0. The Morgan fingerprint density at radius 3 is 2.54 bits per heavy atom. The van der Waals surface area contributed by atoms with Gasteiger partial charge in [0.2, 0.25) is 0 Å². The number of fused-ring (bicyclic) bond motifs is 1. The maximum atomic E-state index is 13.5. The van der Waals surface area contributed by atoms with Crippen LogP contribution in [0.3, 0.4) is 0 Å². The maximum Gasteiger partial charge on any atom is 0.335 e. The van der Waals surface area contributed by atoms with Crippen LogP contribution in [-0.2, 0) is 9.84 Å². The highest BCUT2D eigenvalue weighted by Gasteiger charge is 2.28. The summed E-state index contributed by atoms with van der Waals surface area (Å²) in [5.74, 6) is -1.66. The van der Waals surface area contributed by atoms with Crippen LogP contribution in [0.2, 0.25) is 0 Å². The van der Waals surface area contributed by atoms with Gasteiger partial charge in [-0.25, -0.2) is 17.6 Å². The molecule has 0 unspecified atom stereocenters. The van der Waals surface area contributed by atoms with Gasteiger partial charge in [-0.3, -0.25) is 5.43 Å². The van der Waals surface area contributed by atoms with Crippen LogP contribution in [0.1, 0.15) is 22.3 Å². The fourth-order valence-corrected chi connectivity index (χ4v) is 3.88. The average molecular weight is 348 g/mol. The Kier molecular flexibility index (Phi) is 4.06. The number of halogens is 1. The Balaban J connectivity index is 1.91. The normalized spacial score (nSPS) is 17.3. The number of sulfone groups is 1. The second-order valence-corrected chi connectivity index (χ2v) is 7.34. The Hall–Kier alpha value is -2.74. The minimum atomic E-state index is -3.43. The van der Waals surface area contributed by atoms with E-state index in [4.69, 9.17) is 5.11 Å². The number of nitrogens with one attached hydrogen (secondary N) is 1. The summed E-state index contributed by atoms with van der Waals surface area (Å²) in [6.07, 6.45) is 0.166. The van der Waals surface area contributed by atoms with Gasteiger partial charge >= 0.3 is 5.97 Å². The van der Waals surface area contributed by atoms with Crippen LogP contribution in [0.15, 0.2) is 52.5 Å². The molecular formula is C16H13FN2O4S. The zero-order chi connectivity index (χ0) is 17.3. The lowest BCUT2D eigenvalue weighted by atomic mass is 10.1. The number of benzene rings is 2. The molecule has 3 rings (SSSR count). The molecule has 0 radical (unpaired) electrons. The van der Waals surface area contributed by atoms with Crippen LogP contribution < -0.4 is 5.43 Å². The van der Waals surface area contributed by atoms with Crippen molar-refractivity contribution in [3.63, 3.8) is 0 Å². The fourth-order valence-electron chi connectivity index (χ4n) is 2.41. The zero-order valence-corrected chi connectivity index (χ0v) is 13.2. The zero-order valence-electron chi connectivity index (χ0n) is 12.4. The van der Waals surface area contributed by atoms with E-state index in [-0.39, 0.29) is 28.2 Å². The van der Waals surface area contributed by atoms with Crippen molar-refractivity contribution in [3.05, 3.63) is 59.4 Å². The number of hydrazone groups is 1. The number of carboxylic acids is 1. The van der Waals surface area contributed by atoms with E-state index in [1.807, 2.05) is 0 Å². The molecule has 124 valence electrons. The first-order chi connectivity index (χ1) is 11.4. The van der Waals surface area contributed by atoms with Crippen molar-refractivity contribution < 1.29 is 22.7 Å². The first kappa shape index (κ1) is 16.1. The third kappa shape index (κ3) is 3.13. The van der Waals surface area contributed by atoms with E-state index in [9.17, 15) is 17.6 Å². The molecule has 1 heterocycles. The van der Waals surface area contributed by atoms with Crippen molar-refractivity contribution in [3.8, 4) is 0 Å². The van der Waals surface area contributed by atoms with E-state index >= 15 is 0 Å². The third-order valence-electron chi connectivity index (χ3n) is 3.65. The Morgan fingerprint density at radius 2 is 1.88 bits per heavy atom. The van der Waals surface area contributed by atoms with Crippen LogP contribution in [0.5, 0.6) is 0 Å². The molecule has 0 aliphatic carbocycles. The molecule has 6 nitrogen and oxygen atoms in total. The molecule has 0 saturated heterocycles. The Labute approximate surface area is 137 Å². The molecule has 0 bridgehead atoms. The summed E-state index contributed by atoms with van der Waals surface area (Å²) in [6, 6.07) is 9.43. The molecule has 0 atom stereocenters. The molecule has 8 heteroatoms. The number of nitrogens with zero attached hydrogens (tertiary/aromatic N) is 1. The summed E-state index contributed by atoms with van der Waals surface area (Å²) in [5.41, 5.74) is 4.11. The van der Waals surface area contributed by atoms with Crippen LogP contribution in [0.4, 0.5) is 10.1 Å². The summed E-state index contributed by atoms with van der Waals surface area (Å²) >= 11 is 0. The van der Waals surface area contributed by atoms with Crippen LogP contribution in [-0.4, -0.2) is 31.0 Å².